The van der Waals surface area contributed by atoms with E-state index in [0.717, 1.165) is 0 Å². The van der Waals surface area contributed by atoms with E-state index in [2.05, 4.69) is 0 Å². The largest absolute Gasteiger partial charge is 0.478 e. The summed E-state index contributed by atoms with van der Waals surface area (Å²) in [6.45, 7) is 0. The molecule has 25 heavy (non-hydrogen) atoms. The molecule has 0 saturated heterocycles. The monoisotopic (exact) mass is 406 g/mol. The molecular weight excluding hydrogens is 398 g/mol. The van der Waals surface area contributed by atoms with Crippen LogP contribution in [0.4, 0.5) is 0 Å². The van der Waals surface area contributed by atoms with Crippen LogP contribution in [0.1, 0.15) is 20.7 Å². The molecule has 0 aliphatic carbocycles. The van der Waals surface area contributed by atoms with Crippen LogP contribution in [0.2, 0.25) is 0 Å². The first-order chi connectivity index (χ1) is 11.1. The summed E-state index contributed by atoms with van der Waals surface area (Å²) in [5, 5.41) is 46.1. The van der Waals surface area contributed by atoms with Gasteiger partial charge in [0, 0.05) is 19.5 Å². The Morgan fingerprint density at radius 1 is 0.760 bits per heavy atom. The normalized spacial score (nSPS) is 8.48. The van der Waals surface area contributed by atoms with E-state index in [1.165, 1.54) is 12.1 Å². The van der Waals surface area contributed by atoms with Gasteiger partial charge in [-0.1, -0.05) is 24.3 Å². The predicted molar refractivity (Wildman–Crippen MR) is 75.4 cm³/mol. The van der Waals surface area contributed by atoms with Gasteiger partial charge in [-0.05, 0) is 22.9 Å². The van der Waals surface area contributed by atoms with Gasteiger partial charge in [0.1, 0.15) is 0 Å². The second-order valence-corrected chi connectivity index (χ2v) is 3.79. The first-order valence-electron chi connectivity index (χ1n) is 5.72. The Morgan fingerprint density at radius 3 is 1.20 bits per heavy atom. The number of nitrogens with zero attached hydrogens (tertiary/aromatic N) is 2. The summed E-state index contributed by atoms with van der Waals surface area (Å²) in [5.74, 6) is -2.12. The van der Waals surface area contributed by atoms with Gasteiger partial charge >= 0.3 is 11.9 Å². The quantitative estimate of drug-likeness (QED) is 0.321. The van der Waals surface area contributed by atoms with Crippen LogP contribution in [-0.4, -0.2) is 42.7 Å². The molecule has 0 spiro atoms. The Labute approximate surface area is 150 Å². The van der Waals surface area contributed by atoms with Gasteiger partial charge in [-0.2, -0.15) is 0 Å². The molecule has 0 atom stereocenters. The maximum Gasteiger partial charge on any atom is 0.336 e. The van der Waals surface area contributed by atoms with E-state index >= 15 is 0 Å². The number of carbonyl (C=O) groups is 2. The molecule has 0 unspecified atom stereocenters. The molecule has 2 aromatic carbocycles. The van der Waals surface area contributed by atoms with E-state index in [-0.39, 0.29) is 30.6 Å². The molecule has 2 rings (SSSR count). The number of aromatic carboxylic acids is 2. The second kappa shape index (κ2) is 11.2. The molecule has 0 bridgehead atoms. The Balaban J connectivity index is 0. The van der Waals surface area contributed by atoms with Gasteiger partial charge in [-0.15, -0.1) is 20.2 Å². The Hall–Kier alpha value is -3.34. The molecule has 130 valence electrons. The molecule has 0 amide bonds. The van der Waals surface area contributed by atoms with E-state index in [1.54, 1.807) is 24.3 Å². The number of benzene rings is 2. The number of rotatable bonds is 2. The molecule has 0 radical (unpaired) electrons. The van der Waals surface area contributed by atoms with E-state index in [1.807, 2.05) is 0 Å². The number of hydrogen-bond acceptors (Lipinski definition) is 6. The number of hydrogen-bond donors (Lipinski definition) is 4. The maximum atomic E-state index is 10.9. The van der Waals surface area contributed by atoms with Crippen LogP contribution in [0.25, 0.3) is 10.8 Å². The van der Waals surface area contributed by atoms with Crippen LogP contribution in [0.3, 0.4) is 0 Å². The molecule has 0 aliphatic rings. The predicted octanol–water partition coefficient (Wildman–Crippen LogP) is 1.54. The van der Waals surface area contributed by atoms with Gasteiger partial charge in [-0.3, -0.25) is 0 Å². The van der Waals surface area contributed by atoms with Crippen LogP contribution in [0.15, 0.2) is 36.4 Å². The zero-order valence-electron chi connectivity index (χ0n) is 12.3. The minimum absolute atomic E-state index is 0. The summed E-state index contributed by atoms with van der Waals surface area (Å²) < 4.78 is 0. The van der Waals surface area contributed by atoms with Crippen molar-refractivity contribution in [1.29, 1.82) is 0 Å². The maximum absolute atomic E-state index is 10.9. The molecule has 0 aliphatic heterocycles. The first-order valence-corrected chi connectivity index (χ1v) is 5.72. The fourth-order valence-corrected chi connectivity index (χ4v) is 1.67. The van der Waals surface area contributed by atoms with Crippen molar-refractivity contribution >= 4 is 22.7 Å². The van der Waals surface area contributed by atoms with E-state index in [0.29, 0.717) is 10.8 Å². The SMILES string of the molecule is O=C(O)c1ccc(C(=O)O)c2ccccc12.O=[N+]([O-])O.O=[N+]([O-])O.[Zn]. The standard InChI is InChI=1S/C12H8O4.2HNO3.Zn/c13-11(14)9-5-6-10(12(15)16)8-4-2-1-3-7(8)9;2*2-1(3)4;/h1-6H,(H,13,14)(H,15,16);2*(H,2,3,4);. The molecule has 0 saturated carbocycles. The van der Waals surface area contributed by atoms with Crippen molar-refractivity contribution in [1.82, 2.24) is 0 Å². The Bertz CT molecular complexity index is 707. The van der Waals surface area contributed by atoms with Crippen LogP contribution in [0, 0.1) is 20.2 Å². The minimum atomic E-state index is -1.50. The summed E-state index contributed by atoms with van der Waals surface area (Å²) in [4.78, 5) is 38.6. The molecule has 2 aromatic rings. The molecule has 12 nitrogen and oxygen atoms in total. The van der Waals surface area contributed by atoms with Crippen LogP contribution in [-0.2, 0) is 19.5 Å². The molecule has 4 N–H and O–H groups in total. The Kier molecular flexibility index (Phi) is 10.8. The number of fused-ring (bicyclic) bond motifs is 1. The zero-order chi connectivity index (χ0) is 18.9. The number of carboxylic acids is 2. The van der Waals surface area contributed by atoms with Crippen molar-refractivity contribution in [3.05, 3.63) is 67.8 Å². The second-order valence-electron chi connectivity index (χ2n) is 3.79. The molecule has 13 heteroatoms. The van der Waals surface area contributed by atoms with Crippen molar-refractivity contribution < 1.29 is 59.9 Å². The van der Waals surface area contributed by atoms with E-state index in [4.69, 9.17) is 40.9 Å². The van der Waals surface area contributed by atoms with Gasteiger partial charge in [0.2, 0.25) is 0 Å². The van der Waals surface area contributed by atoms with E-state index < -0.39 is 22.1 Å². The summed E-state index contributed by atoms with van der Waals surface area (Å²) in [5.41, 5.74) is 0.223. The third-order valence-electron chi connectivity index (χ3n) is 2.38. The zero-order valence-corrected chi connectivity index (χ0v) is 15.3. The molecular formula is C12H10N2O10Zn. The van der Waals surface area contributed by atoms with Crippen molar-refractivity contribution in [3.63, 3.8) is 0 Å². The van der Waals surface area contributed by atoms with Crippen molar-refractivity contribution in [2.75, 3.05) is 0 Å². The van der Waals surface area contributed by atoms with Gasteiger partial charge in [0.25, 0.3) is 10.2 Å². The van der Waals surface area contributed by atoms with Crippen LogP contribution < -0.4 is 0 Å². The Morgan fingerprint density at radius 2 is 1.00 bits per heavy atom. The van der Waals surface area contributed by atoms with Crippen LogP contribution >= 0.6 is 0 Å². The van der Waals surface area contributed by atoms with E-state index in [9.17, 15) is 9.59 Å². The summed E-state index contributed by atoms with van der Waals surface area (Å²) in [6.07, 6.45) is 0. The molecule has 0 fully saturated rings. The average Bonchev–Trinajstić information content (AvgIpc) is 2.44. The van der Waals surface area contributed by atoms with Crippen LogP contribution in [0.5, 0.6) is 0 Å². The smallest absolute Gasteiger partial charge is 0.336 e. The first kappa shape index (κ1) is 23.9. The van der Waals surface area contributed by atoms with Gasteiger partial charge in [0.15, 0.2) is 0 Å². The van der Waals surface area contributed by atoms with Crippen molar-refractivity contribution in [2.24, 2.45) is 0 Å². The summed E-state index contributed by atoms with van der Waals surface area (Å²) >= 11 is 0. The fourth-order valence-electron chi connectivity index (χ4n) is 1.67. The minimum Gasteiger partial charge on any atom is -0.478 e. The topological polar surface area (TPSA) is 201 Å². The third-order valence-corrected chi connectivity index (χ3v) is 2.38. The fraction of sp³-hybridized carbons (Fsp3) is 0. The van der Waals surface area contributed by atoms with Gasteiger partial charge in [0.05, 0.1) is 11.1 Å². The van der Waals surface area contributed by atoms with Gasteiger partial charge < -0.3 is 20.6 Å². The van der Waals surface area contributed by atoms with Gasteiger partial charge in [-0.25, -0.2) is 9.59 Å². The number of carboxylic acid groups (broad SMARTS) is 2. The summed E-state index contributed by atoms with van der Waals surface area (Å²) in [6, 6.07) is 9.19. The molecule has 0 heterocycles. The van der Waals surface area contributed by atoms with Crippen molar-refractivity contribution in [3.8, 4) is 0 Å². The third kappa shape index (κ3) is 8.76. The average molecular weight is 408 g/mol. The molecule has 0 aromatic heterocycles. The van der Waals surface area contributed by atoms with Crippen molar-refractivity contribution in [2.45, 2.75) is 0 Å². The summed E-state index contributed by atoms with van der Waals surface area (Å²) in [7, 11) is 0.